The summed E-state index contributed by atoms with van der Waals surface area (Å²) in [5, 5.41) is 0.392. The summed E-state index contributed by atoms with van der Waals surface area (Å²) in [5.74, 6) is 0.525. The number of ether oxygens (including phenoxy) is 1. The molecule has 0 aliphatic rings. The summed E-state index contributed by atoms with van der Waals surface area (Å²) in [6.07, 6.45) is 1.58. The minimum atomic E-state index is -0.301. The number of benzene rings is 1. The van der Waals surface area contributed by atoms with E-state index < -0.39 is 0 Å². The standard InChI is InChI=1S/C12H8BrClFNO/c1-7-4-9(15)2-3-11(7)17-12-10(14)5-8(13)6-16-12/h2-6H,1H3. The summed E-state index contributed by atoms with van der Waals surface area (Å²) >= 11 is 9.23. The van der Waals surface area contributed by atoms with Crippen LogP contribution in [0.4, 0.5) is 4.39 Å². The van der Waals surface area contributed by atoms with Gasteiger partial charge in [0.15, 0.2) is 0 Å². The molecule has 1 aromatic heterocycles. The lowest BCUT2D eigenvalue weighted by Crippen LogP contribution is -1.92. The Bertz CT molecular complexity index is 513. The molecule has 0 atom stereocenters. The molecule has 0 unspecified atom stereocenters. The molecular formula is C12H8BrClFNO. The van der Waals surface area contributed by atoms with Gasteiger partial charge < -0.3 is 4.74 Å². The van der Waals surface area contributed by atoms with Gasteiger partial charge in [-0.05, 0) is 52.7 Å². The van der Waals surface area contributed by atoms with Gasteiger partial charge in [0.05, 0.1) is 0 Å². The van der Waals surface area contributed by atoms with E-state index >= 15 is 0 Å². The van der Waals surface area contributed by atoms with Crippen molar-refractivity contribution in [2.75, 3.05) is 0 Å². The van der Waals surface area contributed by atoms with Crippen LogP contribution in [0.1, 0.15) is 5.56 Å². The van der Waals surface area contributed by atoms with Crippen molar-refractivity contribution in [1.82, 2.24) is 4.98 Å². The van der Waals surface area contributed by atoms with Crippen LogP contribution in [0.25, 0.3) is 0 Å². The Hall–Kier alpha value is -1.13. The zero-order valence-electron chi connectivity index (χ0n) is 8.88. The number of rotatable bonds is 2. The molecule has 0 saturated carbocycles. The Kier molecular flexibility index (Phi) is 3.64. The first kappa shape index (κ1) is 12.3. The number of nitrogens with zero attached hydrogens (tertiary/aromatic N) is 1. The summed E-state index contributed by atoms with van der Waals surface area (Å²) in [4.78, 5) is 4.04. The third-order valence-corrected chi connectivity index (χ3v) is 2.82. The molecule has 0 aliphatic carbocycles. The average molecular weight is 317 g/mol. The number of aromatic nitrogens is 1. The summed E-state index contributed by atoms with van der Waals surface area (Å²) < 4.78 is 19.2. The normalized spacial score (nSPS) is 10.4. The van der Waals surface area contributed by atoms with E-state index in [9.17, 15) is 4.39 Å². The molecule has 5 heteroatoms. The van der Waals surface area contributed by atoms with Crippen LogP contribution in [0, 0.1) is 12.7 Å². The van der Waals surface area contributed by atoms with Crippen LogP contribution >= 0.6 is 27.5 Å². The number of aryl methyl sites for hydroxylation is 1. The van der Waals surface area contributed by atoms with E-state index in [1.54, 1.807) is 25.3 Å². The van der Waals surface area contributed by atoms with Crippen LogP contribution in [0.5, 0.6) is 11.6 Å². The average Bonchev–Trinajstić information content (AvgIpc) is 2.25. The van der Waals surface area contributed by atoms with E-state index in [1.165, 1.54) is 12.1 Å². The maximum atomic E-state index is 12.9. The Morgan fingerprint density at radius 3 is 2.76 bits per heavy atom. The van der Waals surface area contributed by atoms with Crippen LogP contribution in [-0.2, 0) is 0 Å². The van der Waals surface area contributed by atoms with E-state index in [4.69, 9.17) is 16.3 Å². The van der Waals surface area contributed by atoms with Crippen LogP contribution < -0.4 is 4.74 Å². The highest BCUT2D eigenvalue weighted by Crippen LogP contribution is 2.30. The lowest BCUT2D eigenvalue weighted by atomic mass is 10.2. The van der Waals surface area contributed by atoms with Crippen LogP contribution in [0.3, 0.4) is 0 Å². The molecule has 1 aromatic carbocycles. The van der Waals surface area contributed by atoms with Gasteiger partial charge in [-0.15, -0.1) is 0 Å². The van der Waals surface area contributed by atoms with Crippen molar-refractivity contribution >= 4 is 27.5 Å². The van der Waals surface area contributed by atoms with Gasteiger partial charge in [-0.25, -0.2) is 9.37 Å². The van der Waals surface area contributed by atoms with Crippen molar-refractivity contribution in [1.29, 1.82) is 0 Å². The Balaban J connectivity index is 2.31. The highest BCUT2D eigenvalue weighted by molar-refractivity contribution is 9.10. The van der Waals surface area contributed by atoms with Gasteiger partial charge in [-0.1, -0.05) is 11.6 Å². The Morgan fingerprint density at radius 2 is 2.12 bits per heavy atom. The van der Waals surface area contributed by atoms with Crippen molar-refractivity contribution < 1.29 is 9.13 Å². The Labute approximate surface area is 112 Å². The van der Waals surface area contributed by atoms with Crippen molar-refractivity contribution in [3.05, 3.63) is 51.3 Å². The number of pyridine rings is 1. The minimum absolute atomic E-state index is 0.296. The summed E-state index contributed by atoms with van der Waals surface area (Å²) in [6.45, 7) is 1.76. The molecule has 0 bridgehead atoms. The highest BCUT2D eigenvalue weighted by atomic mass is 79.9. The maximum absolute atomic E-state index is 12.9. The van der Waals surface area contributed by atoms with Gasteiger partial charge in [0.25, 0.3) is 0 Å². The first-order valence-electron chi connectivity index (χ1n) is 4.81. The molecule has 1 heterocycles. The fourth-order valence-corrected chi connectivity index (χ4v) is 1.98. The van der Waals surface area contributed by atoms with Gasteiger partial charge in [-0.3, -0.25) is 0 Å². The smallest absolute Gasteiger partial charge is 0.238 e. The molecule has 0 saturated heterocycles. The monoisotopic (exact) mass is 315 g/mol. The summed E-state index contributed by atoms with van der Waals surface area (Å²) in [7, 11) is 0. The molecular weight excluding hydrogens is 308 g/mol. The first-order valence-corrected chi connectivity index (χ1v) is 5.98. The second-order valence-corrected chi connectivity index (χ2v) is 4.78. The summed E-state index contributed by atoms with van der Waals surface area (Å²) in [6, 6.07) is 5.95. The molecule has 0 aliphatic heterocycles. The number of hydrogen-bond donors (Lipinski definition) is 0. The molecule has 2 rings (SSSR count). The fraction of sp³-hybridized carbons (Fsp3) is 0.0833. The topological polar surface area (TPSA) is 22.1 Å². The van der Waals surface area contributed by atoms with E-state index in [2.05, 4.69) is 20.9 Å². The van der Waals surface area contributed by atoms with Gasteiger partial charge in [-0.2, -0.15) is 0 Å². The van der Waals surface area contributed by atoms with Crippen molar-refractivity contribution in [3.63, 3.8) is 0 Å². The zero-order chi connectivity index (χ0) is 12.4. The second-order valence-electron chi connectivity index (χ2n) is 3.45. The van der Waals surface area contributed by atoms with Crippen molar-refractivity contribution in [2.45, 2.75) is 6.92 Å². The third kappa shape index (κ3) is 2.96. The number of halogens is 3. The first-order chi connectivity index (χ1) is 8.06. The molecule has 17 heavy (non-hydrogen) atoms. The fourth-order valence-electron chi connectivity index (χ4n) is 1.31. The zero-order valence-corrected chi connectivity index (χ0v) is 11.2. The SMILES string of the molecule is Cc1cc(F)ccc1Oc1ncc(Br)cc1Cl. The van der Waals surface area contributed by atoms with Gasteiger partial charge >= 0.3 is 0 Å². The summed E-state index contributed by atoms with van der Waals surface area (Å²) in [5.41, 5.74) is 0.686. The van der Waals surface area contributed by atoms with Crippen molar-refractivity contribution in [3.8, 4) is 11.6 Å². The predicted molar refractivity (Wildman–Crippen MR) is 68.2 cm³/mol. The van der Waals surface area contributed by atoms with Crippen molar-refractivity contribution in [2.24, 2.45) is 0 Å². The van der Waals surface area contributed by atoms with Gasteiger partial charge in [0.1, 0.15) is 16.6 Å². The minimum Gasteiger partial charge on any atom is -0.437 e. The molecule has 0 fully saturated rings. The van der Waals surface area contributed by atoms with E-state index in [0.29, 0.717) is 22.2 Å². The molecule has 0 N–H and O–H groups in total. The van der Waals surface area contributed by atoms with Crippen LogP contribution in [0.15, 0.2) is 34.9 Å². The third-order valence-electron chi connectivity index (χ3n) is 2.12. The lowest BCUT2D eigenvalue weighted by Gasteiger charge is -2.09. The van der Waals surface area contributed by atoms with E-state index in [1.807, 2.05) is 0 Å². The van der Waals surface area contributed by atoms with E-state index in [-0.39, 0.29) is 5.82 Å². The Morgan fingerprint density at radius 1 is 1.35 bits per heavy atom. The number of hydrogen-bond acceptors (Lipinski definition) is 2. The van der Waals surface area contributed by atoms with Gasteiger partial charge in [0.2, 0.25) is 5.88 Å². The predicted octanol–water partition coefficient (Wildman–Crippen LogP) is 4.74. The molecule has 2 aromatic rings. The highest BCUT2D eigenvalue weighted by Gasteiger charge is 2.08. The van der Waals surface area contributed by atoms with Crippen LogP contribution in [-0.4, -0.2) is 4.98 Å². The maximum Gasteiger partial charge on any atom is 0.238 e. The molecule has 0 radical (unpaired) electrons. The molecule has 88 valence electrons. The quantitative estimate of drug-likeness (QED) is 0.798. The van der Waals surface area contributed by atoms with E-state index in [0.717, 1.165) is 4.47 Å². The molecule has 0 amide bonds. The largest absolute Gasteiger partial charge is 0.437 e. The van der Waals surface area contributed by atoms with Gasteiger partial charge in [0, 0.05) is 10.7 Å². The molecule has 2 nitrogen and oxygen atoms in total. The molecule has 0 spiro atoms. The van der Waals surface area contributed by atoms with Crippen LogP contribution in [0.2, 0.25) is 5.02 Å². The second kappa shape index (κ2) is 5.02. The lowest BCUT2D eigenvalue weighted by molar-refractivity contribution is 0.457.